The van der Waals surface area contributed by atoms with Gasteiger partial charge in [0.05, 0.1) is 31.7 Å². The summed E-state index contributed by atoms with van der Waals surface area (Å²) in [4.78, 5) is 4.62. The average molecular weight is 262 g/mol. The van der Waals surface area contributed by atoms with Gasteiger partial charge in [-0.1, -0.05) is 0 Å². The van der Waals surface area contributed by atoms with E-state index in [9.17, 15) is 4.39 Å². The van der Waals surface area contributed by atoms with Crippen LogP contribution in [0.2, 0.25) is 0 Å². The Morgan fingerprint density at radius 3 is 3.00 bits per heavy atom. The third kappa shape index (κ3) is 1.90. The van der Waals surface area contributed by atoms with Gasteiger partial charge in [-0.05, 0) is 6.07 Å². The van der Waals surface area contributed by atoms with Gasteiger partial charge in [0, 0.05) is 30.5 Å². The first kappa shape index (κ1) is 12.2. The molecule has 1 aliphatic rings. The number of anilines is 1. The van der Waals surface area contributed by atoms with Crippen molar-refractivity contribution < 1.29 is 13.9 Å². The number of ether oxygens (including phenoxy) is 2. The second-order valence-corrected chi connectivity index (χ2v) is 4.47. The standard InChI is InChI=1S/C14H15FN2O2/c1-16-13-9-5-8(15)6-12(18-2)14(9)17-11-3-4-19-7-10(11)13/h5-6H,3-4,7H2,1-2H3,(H,16,17). The van der Waals surface area contributed by atoms with Crippen molar-refractivity contribution in [3.63, 3.8) is 0 Å². The molecule has 1 aromatic carbocycles. The minimum atomic E-state index is -0.334. The summed E-state index contributed by atoms with van der Waals surface area (Å²) < 4.78 is 24.4. The third-order valence-electron chi connectivity index (χ3n) is 3.41. The summed E-state index contributed by atoms with van der Waals surface area (Å²) in [7, 11) is 3.35. The second-order valence-electron chi connectivity index (χ2n) is 4.47. The number of fused-ring (bicyclic) bond motifs is 2. The second kappa shape index (κ2) is 4.66. The number of hydrogen-bond donors (Lipinski definition) is 1. The third-order valence-corrected chi connectivity index (χ3v) is 3.41. The maximum absolute atomic E-state index is 13.7. The number of benzene rings is 1. The zero-order chi connectivity index (χ0) is 13.4. The Balaban J connectivity index is 2.39. The van der Waals surface area contributed by atoms with Gasteiger partial charge in [-0.2, -0.15) is 0 Å². The zero-order valence-electron chi connectivity index (χ0n) is 10.9. The maximum Gasteiger partial charge on any atom is 0.148 e. The quantitative estimate of drug-likeness (QED) is 0.903. The van der Waals surface area contributed by atoms with Gasteiger partial charge in [0.1, 0.15) is 17.1 Å². The van der Waals surface area contributed by atoms with E-state index in [2.05, 4.69) is 10.3 Å². The SMILES string of the molecule is CNc1c2c(nc3c(OC)cc(F)cc13)CCOC2. The fourth-order valence-corrected chi connectivity index (χ4v) is 2.54. The highest BCUT2D eigenvalue weighted by molar-refractivity contribution is 5.96. The van der Waals surface area contributed by atoms with Gasteiger partial charge in [-0.15, -0.1) is 0 Å². The summed E-state index contributed by atoms with van der Waals surface area (Å²) in [6, 6.07) is 2.84. The van der Waals surface area contributed by atoms with Crippen molar-refractivity contribution in [1.29, 1.82) is 0 Å². The Hall–Kier alpha value is -1.88. The molecule has 0 amide bonds. The lowest BCUT2D eigenvalue weighted by molar-refractivity contribution is 0.110. The molecule has 4 nitrogen and oxygen atoms in total. The Bertz CT molecular complexity index is 643. The van der Waals surface area contributed by atoms with E-state index in [0.29, 0.717) is 24.5 Å². The van der Waals surface area contributed by atoms with Crippen LogP contribution in [0.1, 0.15) is 11.3 Å². The molecule has 0 radical (unpaired) electrons. The molecule has 1 aromatic heterocycles. The molecule has 0 atom stereocenters. The number of nitrogens with one attached hydrogen (secondary N) is 1. The summed E-state index contributed by atoms with van der Waals surface area (Å²) in [5, 5.41) is 3.86. The number of halogens is 1. The Kier molecular flexibility index (Phi) is 2.98. The minimum absolute atomic E-state index is 0.334. The number of hydrogen-bond acceptors (Lipinski definition) is 4. The lowest BCUT2D eigenvalue weighted by Gasteiger charge is -2.21. The number of methoxy groups -OCH3 is 1. The molecule has 0 spiro atoms. The topological polar surface area (TPSA) is 43.4 Å². The highest BCUT2D eigenvalue weighted by Gasteiger charge is 2.20. The van der Waals surface area contributed by atoms with Crippen molar-refractivity contribution in [2.45, 2.75) is 13.0 Å². The van der Waals surface area contributed by atoms with Crippen LogP contribution < -0.4 is 10.1 Å². The molecule has 0 saturated heterocycles. The molecule has 100 valence electrons. The summed E-state index contributed by atoms with van der Waals surface area (Å²) in [5.74, 6) is 0.125. The summed E-state index contributed by atoms with van der Waals surface area (Å²) in [6.45, 7) is 1.17. The van der Waals surface area contributed by atoms with Gasteiger partial charge in [-0.25, -0.2) is 9.37 Å². The van der Waals surface area contributed by atoms with E-state index in [-0.39, 0.29) is 5.82 Å². The molecule has 0 bridgehead atoms. The number of nitrogens with zero attached hydrogens (tertiary/aromatic N) is 1. The predicted octanol–water partition coefficient (Wildman–Crippen LogP) is 2.50. The number of pyridine rings is 1. The Morgan fingerprint density at radius 2 is 2.26 bits per heavy atom. The minimum Gasteiger partial charge on any atom is -0.494 e. The van der Waals surface area contributed by atoms with E-state index < -0.39 is 0 Å². The summed E-state index contributed by atoms with van der Waals surface area (Å²) >= 11 is 0. The smallest absolute Gasteiger partial charge is 0.148 e. The number of aromatic nitrogens is 1. The molecule has 1 aliphatic heterocycles. The lowest BCUT2D eigenvalue weighted by Crippen LogP contribution is -2.14. The van der Waals surface area contributed by atoms with Gasteiger partial charge < -0.3 is 14.8 Å². The zero-order valence-corrected chi connectivity index (χ0v) is 10.9. The largest absolute Gasteiger partial charge is 0.494 e. The molecule has 3 rings (SSSR count). The first-order valence-electron chi connectivity index (χ1n) is 6.19. The molecule has 1 N–H and O–H groups in total. The monoisotopic (exact) mass is 262 g/mol. The molecule has 0 saturated carbocycles. The Morgan fingerprint density at radius 1 is 1.42 bits per heavy atom. The molecule has 0 unspecified atom stereocenters. The summed E-state index contributed by atoms with van der Waals surface area (Å²) in [6.07, 6.45) is 0.764. The predicted molar refractivity (Wildman–Crippen MR) is 71.2 cm³/mol. The highest BCUT2D eigenvalue weighted by Crippen LogP contribution is 2.35. The van der Waals surface area contributed by atoms with Crippen LogP contribution in [0.5, 0.6) is 5.75 Å². The van der Waals surface area contributed by atoms with Crippen molar-refractivity contribution in [1.82, 2.24) is 4.98 Å². The van der Waals surface area contributed by atoms with E-state index in [1.54, 1.807) is 0 Å². The van der Waals surface area contributed by atoms with Crippen molar-refractivity contribution >= 4 is 16.6 Å². The molecule has 2 heterocycles. The van der Waals surface area contributed by atoms with Crippen LogP contribution in [0.25, 0.3) is 10.9 Å². The first-order chi connectivity index (χ1) is 9.24. The molecule has 2 aromatic rings. The number of rotatable bonds is 2. The van der Waals surface area contributed by atoms with Crippen LogP contribution in [0.4, 0.5) is 10.1 Å². The normalized spacial score (nSPS) is 14.3. The van der Waals surface area contributed by atoms with Crippen molar-refractivity contribution in [2.24, 2.45) is 0 Å². The van der Waals surface area contributed by atoms with Gasteiger partial charge in [-0.3, -0.25) is 0 Å². The van der Waals surface area contributed by atoms with Crippen LogP contribution >= 0.6 is 0 Å². The average Bonchev–Trinajstić information content (AvgIpc) is 2.44. The molecule has 19 heavy (non-hydrogen) atoms. The van der Waals surface area contributed by atoms with Crippen molar-refractivity contribution in [3.05, 3.63) is 29.2 Å². The fraction of sp³-hybridized carbons (Fsp3) is 0.357. The highest BCUT2D eigenvalue weighted by atomic mass is 19.1. The fourth-order valence-electron chi connectivity index (χ4n) is 2.54. The summed E-state index contributed by atoms with van der Waals surface area (Å²) in [5.41, 5.74) is 3.56. The van der Waals surface area contributed by atoms with Crippen LogP contribution in [0, 0.1) is 5.82 Å². The van der Waals surface area contributed by atoms with Crippen molar-refractivity contribution in [2.75, 3.05) is 26.1 Å². The molecule has 5 heteroatoms. The van der Waals surface area contributed by atoms with Crippen LogP contribution in [0.3, 0.4) is 0 Å². The van der Waals surface area contributed by atoms with Crippen LogP contribution in [0.15, 0.2) is 12.1 Å². The molecule has 0 aliphatic carbocycles. The van der Waals surface area contributed by atoms with E-state index >= 15 is 0 Å². The van der Waals surface area contributed by atoms with E-state index in [4.69, 9.17) is 9.47 Å². The maximum atomic E-state index is 13.7. The first-order valence-corrected chi connectivity index (χ1v) is 6.19. The van der Waals surface area contributed by atoms with E-state index in [0.717, 1.165) is 28.8 Å². The van der Waals surface area contributed by atoms with E-state index in [1.807, 2.05) is 7.05 Å². The van der Waals surface area contributed by atoms with Crippen molar-refractivity contribution in [3.8, 4) is 5.75 Å². The van der Waals surface area contributed by atoms with Gasteiger partial charge in [0.25, 0.3) is 0 Å². The Labute approximate surface area is 110 Å². The van der Waals surface area contributed by atoms with Crippen LogP contribution in [-0.2, 0) is 17.8 Å². The molecule has 0 fully saturated rings. The lowest BCUT2D eigenvalue weighted by atomic mass is 10.0. The van der Waals surface area contributed by atoms with E-state index in [1.165, 1.54) is 19.2 Å². The molecular weight excluding hydrogens is 247 g/mol. The van der Waals surface area contributed by atoms with Gasteiger partial charge >= 0.3 is 0 Å². The van der Waals surface area contributed by atoms with Gasteiger partial charge in [0.15, 0.2) is 0 Å². The van der Waals surface area contributed by atoms with Crippen LogP contribution in [-0.4, -0.2) is 25.7 Å². The molecular formula is C14H15FN2O2. The van der Waals surface area contributed by atoms with Gasteiger partial charge in [0.2, 0.25) is 0 Å².